The van der Waals surface area contributed by atoms with E-state index in [1.165, 1.54) is 5.56 Å². The van der Waals surface area contributed by atoms with Crippen LogP contribution in [0.1, 0.15) is 22.3 Å². The molecule has 30 heavy (non-hydrogen) atoms. The quantitative estimate of drug-likeness (QED) is 0.727. The van der Waals surface area contributed by atoms with Crippen LogP contribution in [0.15, 0.2) is 36.5 Å². The molecule has 4 heterocycles. The molecule has 2 aromatic rings. The van der Waals surface area contributed by atoms with Crippen molar-refractivity contribution >= 4 is 17.7 Å². The molecule has 0 aliphatic carbocycles. The summed E-state index contributed by atoms with van der Waals surface area (Å²) in [5.41, 5.74) is 1.76. The molecule has 3 aliphatic heterocycles. The minimum absolute atomic E-state index is 0.00600. The minimum atomic E-state index is 0.00600. The van der Waals surface area contributed by atoms with Crippen molar-refractivity contribution in [1.29, 1.82) is 0 Å². The van der Waals surface area contributed by atoms with Gasteiger partial charge in [-0.25, -0.2) is 4.98 Å². The summed E-state index contributed by atoms with van der Waals surface area (Å²) in [6.45, 7) is 4.16. The average Bonchev–Trinajstić information content (AvgIpc) is 3.46. The number of hydrogen-bond acceptors (Lipinski definition) is 7. The molecule has 0 spiro atoms. The number of benzene rings is 1. The smallest absolute Gasteiger partial charge is 0.259 e. The Labute approximate surface area is 180 Å². The Morgan fingerprint density at radius 2 is 2.03 bits per heavy atom. The van der Waals surface area contributed by atoms with E-state index >= 15 is 0 Å². The molecule has 0 bridgehead atoms. The number of carbonyl (C=O) groups excluding carboxylic acids is 1. The Bertz CT molecular complexity index is 911. The van der Waals surface area contributed by atoms with Crippen LogP contribution in [0.25, 0.3) is 0 Å². The Balaban J connectivity index is 1.19. The summed E-state index contributed by atoms with van der Waals surface area (Å²) in [6, 6.07) is 9.71. The highest BCUT2D eigenvalue weighted by atomic mass is 32.2. The van der Waals surface area contributed by atoms with Crippen molar-refractivity contribution in [2.45, 2.75) is 19.1 Å². The van der Waals surface area contributed by atoms with E-state index in [2.05, 4.69) is 16.0 Å². The number of pyridine rings is 1. The summed E-state index contributed by atoms with van der Waals surface area (Å²) in [6.07, 6.45) is 2.85. The third-order valence-corrected chi connectivity index (χ3v) is 6.80. The lowest BCUT2D eigenvalue weighted by atomic mass is 10.1. The van der Waals surface area contributed by atoms with E-state index < -0.39 is 0 Å². The van der Waals surface area contributed by atoms with Gasteiger partial charge in [0.25, 0.3) is 5.91 Å². The number of nitrogens with zero attached hydrogens (tertiary/aromatic N) is 3. The van der Waals surface area contributed by atoms with Crippen LogP contribution in [0.2, 0.25) is 0 Å². The second-order valence-corrected chi connectivity index (χ2v) is 8.87. The molecule has 1 aromatic heterocycles. The predicted octanol–water partition coefficient (Wildman–Crippen LogP) is 2.65. The lowest BCUT2D eigenvalue weighted by Crippen LogP contribution is -2.48. The zero-order valence-electron chi connectivity index (χ0n) is 16.8. The molecule has 0 saturated carbocycles. The summed E-state index contributed by atoms with van der Waals surface area (Å²) in [4.78, 5) is 21.7. The summed E-state index contributed by atoms with van der Waals surface area (Å²) in [5.74, 6) is 4.16. The van der Waals surface area contributed by atoms with E-state index in [1.54, 1.807) is 12.3 Å². The van der Waals surface area contributed by atoms with Crippen molar-refractivity contribution in [1.82, 2.24) is 14.8 Å². The van der Waals surface area contributed by atoms with Crippen molar-refractivity contribution in [3.05, 3.63) is 47.7 Å². The van der Waals surface area contributed by atoms with Gasteiger partial charge in [0.15, 0.2) is 11.5 Å². The molecule has 5 rings (SSSR count). The Kier molecular flexibility index (Phi) is 5.68. The number of piperazine rings is 1. The van der Waals surface area contributed by atoms with Crippen molar-refractivity contribution in [2.75, 3.05) is 44.5 Å². The number of fused-ring (bicyclic) bond motifs is 1. The molecule has 1 amide bonds. The van der Waals surface area contributed by atoms with Gasteiger partial charge in [0.2, 0.25) is 12.7 Å². The highest BCUT2D eigenvalue weighted by Crippen LogP contribution is 2.33. The number of carbonyl (C=O) groups is 1. The summed E-state index contributed by atoms with van der Waals surface area (Å²) < 4.78 is 16.9. The Morgan fingerprint density at radius 1 is 1.17 bits per heavy atom. The largest absolute Gasteiger partial charge is 0.473 e. The molecule has 158 valence electrons. The van der Waals surface area contributed by atoms with E-state index in [4.69, 9.17) is 14.2 Å². The Hall–Kier alpha value is -2.45. The highest BCUT2D eigenvalue weighted by molar-refractivity contribution is 7.99. The summed E-state index contributed by atoms with van der Waals surface area (Å²) >= 11 is 1.88. The second kappa shape index (κ2) is 8.73. The van der Waals surface area contributed by atoms with Gasteiger partial charge in [0.1, 0.15) is 11.7 Å². The van der Waals surface area contributed by atoms with Gasteiger partial charge in [-0.05, 0) is 42.0 Å². The molecule has 1 atom stereocenters. The van der Waals surface area contributed by atoms with E-state index in [1.807, 2.05) is 34.9 Å². The van der Waals surface area contributed by atoms with Gasteiger partial charge in [0, 0.05) is 44.7 Å². The minimum Gasteiger partial charge on any atom is -0.473 e. The van der Waals surface area contributed by atoms with Crippen molar-refractivity contribution in [2.24, 2.45) is 0 Å². The van der Waals surface area contributed by atoms with Gasteiger partial charge in [-0.1, -0.05) is 6.07 Å². The first kappa shape index (κ1) is 19.5. The zero-order valence-corrected chi connectivity index (χ0v) is 17.6. The van der Waals surface area contributed by atoms with Crippen molar-refractivity contribution in [3.8, 4) is 17.4 Å². The van der Waals surface area contributed by atoms with Crippen LogP contribution in [0.5, 0.6) is 17.4 Å². The second-order valence-electron chi connectivity index (χ2n) is 7.72. The first-order valence-electron chi connectivity index (χ1n) is 10.4. The first-order chi connectivity index (χ1) is 14.8. The monoisotopic (exact) mass is 427 g/mol. The number of rotatable bonds is 5. The normalized spacial score (nSPS) is 21.1. The van der Waals surface area contributed by atoms with Crippen LogP contribution in [-0.4, -0.2) is 71.3 Å². The molecule has 7 nitrogen and oxygen atoms in total. The molecular weight excluding hydrogens is 402 g/mol. The summed E-state index contributed by atoms with van der Waals surface area (Å²) in [7, 11) is 0. The van der Waals surface area contributed by atoms with E-state index in [9.17, 15) is 4.79 Å². The van der Waals surface area contributed by atoms with Crippen molar-refractivity contribution in [3.63, 3.8) is 0 Å². The van der Waals surface area contributed by atoms with Crippen LogP contribution in [-0.2, 0) is 6.54 Å². The van der Waals surface area contributed by atoms with Crippen LogP contribution in [0.4, 0.5) is 0 Å². The van der Waals surface area contributed by atoms with Crippen molar-refractivity contribution < 1.29 is 19.0 Å². The molecule has 2 saturated heterocycles. The maximum Gasteiger partial charge on any atom is 0.259 e. The predicted molar refractivity (Wildman–Crippen MR) is 114 cm³/mol. The molecule has 2 fully saturated rings. The fourth-order valence-electron chi connectivity index (χ4n) is 3.99. The third-order valence-electron chi connectivity index (χ3n) is 5.67. The number of amides is 1. The molecule has 1 unspecified atom stereocenters. The topological polar surface area (TPSA) is 64.1 Å². The number of thioether (sulfide) groups is 1. The van der Waals surface area contributed by atoms with Gasteiger partial charge >= 0.3 is 0 Å². The highest BCUT2D eigenvalue weighted by Gasteiger charge is 2.27. The fourth-order valence-corrected chi connectivity index (χ4v) is 5.08. The number of hydrogen-bond donors (Lipinski definition) is 0. The van der Waals surface area contributed by atoms with E-state index in [0.29, 0.717) is 31.3 Å². The standard InChI is InChI=1S/C22H25N3O4S/c26-22(18-2-1-6-23-21(18)29-17-5-11-30-14-17)25-9-7-24(8-10-25)13-16-3-4-19-20(12-16)28-15-27-19/h1-4,6,12,17H,5,7-11,13-15H2. The fraction of sp³-hybridized carbons (Fsp3) is 0.455. The molecule has 0 radical (unpaired) electrons. The lowest BCUT2D eigenvalue weighted by molar-refractivity contribution is 0.0621. The summed E-state index contributed by atoms with van der Waals surface area (Å²) in [5, 5.41) is 0. The van der Waals surface area contributed by atoms with Crippen LogP contribution in [0, 0.1) is 0 Å². The maximum atomic E-state index is 13.1. The molecule has 1 aromatic carbocycles. The maximum absolute atomic E-state index is 13.1. The van der Waals surface area contributed by atoms with Gasteiger partial charge in [-0.15, -0.1) is 0 Å². The lowest BCUT2D eigenvalue weighted by Gasteiger charge is -2.35. The third kappa shape index (κ3) is 4.20. The molecule has 8 heteroatoms. The van der Waals surface area contributed by atoms with Crippen LogP contribution < -0.4 is 14.2 Å². The van der Waals surface area contributed by atoms with E-state index in [-0.39, 0.29) is 12.0 Å². The van der Waals surface area contributed by atoms with Crippen LogP contribution >= 0.6 is 11.8 Å². The van der Waals surface area contributed by atoms with Gasteiger partial charge in [-0.2, -0.15) is 11.8 Å². The average molecular weight is 428 g/mol. The van der Waals surface area contributed by atoms with Gasteiger partial charge < -0.3 is 19.1 Å². The molecular formula is C22H25N3O4S. The van der Waals surface area contributed by atoms with Crippen LogP contribution in [0.3, 0.4) is 0 Å². The zero-order chi connectivity index (χ0) is 20.3. The number of aromatic nitrogens is 1. The SMILES string of the molecule is O=C(c1cccnc1OC1CCSC1)N1CCN(Cc2ccc3c(c2)OCO3)CC1. The Morgan fingerprint density at radius 3 is 2.87 bits per heavy atom. The van der Waals surface area contributed by atoms with E-state index in [0.717, 1.165) is 49.1 Å². The molecule has 3 aliphatic rings. The van der Waals surface area contributed by atoms with Gasteiger partial charge in [-0.3, -0.25) is 9.69 Å². The number of ether oxygens (including phenoxy) is 3. The van der Waals surface area contributed by atoms with Gasteiger partial charge in [0.05, 0.1) is 0 Å². The molecule has 0 N–H and O–H groups in total. The first-order valence-corrected chi connectivity index (χ1v) is 11.5.